The maximum absolute atomic E-state index is 12.4. The molecule has 0 saturated carbocycles. The fraction of sp³-hybridized carbons (Fsp3) is 0.158. The van der Waals surface area contributed by atoms with Crippen LogP contribution >= 0.6 is 0 Å². The van der Waals surface area contributed by atoms with E-state index in [9.17, 15) is 9.59 Å². The minimum absolute atomic E-state index is 0.0141. The van der Waals surface area contributed by atoms with E-state index in [4.69, 9.17) is 13.9 Å². The van der Waals surface area contributed by atoms with Crippen LogP contribution in [-0.2, 0) is 4.79 Å². The molecule has 0 bridgehead atoms. The van der Waals surface area contributed by atoms with E-state index in [1.165, 1.54) is 20.1 Å². The molecule has 128 valence electrons. The zero-order chi connectivity index (χ0) is 17.8. The largest absolute Gasteiger partial charge is 0.490 e. The van der Waals surface area contributed by atoms with Crippen molar-refractivity contribution in [3.8, 4) is 22.8 Å². The number of methoxy groups -OCH3 is 1. The number of hydrogen-bond acceptors (Lipinski definition) is 5. The Morgan fingerprint density at radius 2 is 1.92 bits per heavy atom. The summed E-state index contributed by atoms with van der Waals surface area (Å²) >= 11 is 0. The van der Waals surface area contributed by atoms with E-state index in [-0.39, 0.29) is 18.1 Å². The molecule has 25 heavy (non-hydrogen) atoms. The highest BCUT2D eigenvalue weighted by molar-refractivity contribution is 5.86. The van der Waals surface area contributed by atoms with Crippen LogP contribution in [0.3, 0.4) is 0 Å². The van der Waals surface area contributed by atoms with E-state index < -0.39 is 0 Å². The highest BCUT2D eigenvalue weighted by Crippen LogP contribution is 2.36. The van der Waals surface area contributed by atoms with Crippen LogP contribution in [0.15, 0.2) is 57.7 Å². The van der Waals surface area contributed by atoms with E-state index in [0.29, 0.717) is 28.2 Å². The predicted molar refractivity (Wildman–Crippen MR) is 93.8 cm³/mol. The molecule has 1 aromatic heterocycles. The lowest BCUT2D eigenvalue weighted by molar-refractivity contribution is -0.119. The van der Waals surface area contributed by atoms with Gasteiger partial charge in [0.2, 0.25) is 11.7 Å². The smallest absolute Gasteiger partial charge is 0.219 e. The molecular formula is C19H17NO5. The van der Waals surface area contributed by atoms with Gasteiger partial charge in [0.1, 0.15) is 5.76 Å². The average Bonchev–Trinajstić information content (AvgIpc) is 2.61. The molecule has 0 aliphatic rings. The molecule has 0 saturated heterocycles. The zero-order valence-electron chi connectivity index (χ0n) is 13.9. The Morgan fingerprint density at radius 3 is 2.60 bits per heavy atom. The van der Waals surface area contributed by atoms with Gasteiger partial charge in [0.25, 0.3) is 0 Å². The van der Waals surface area contributed by atoms with Crippen LogP contribution < -0.4 is 20.2 Å². The monoisotopic (exact) mass is 339 g/mol. The van der Waals surface area contributed by atoms with Crippen molar-refractivity contribution in [1.82, 2.24) is 5.32 Å². The first-order valence-corrected chi connectivity index (χ1v) is 7.67. The van der Waals surface area contributed by atoms with Gasteiger partial charge >= 0.3 is 0 Å². The van der Waals surface area contributed by atoms with Crippen LogP contribution in [0, 0.1) is 0 Å². The molecule has 6 nitrogen and oxygen atoms in total. The lowest BCUT2D eigenvalue weighted by atomic mass is 10.1. The molecule has 0 aliphatic carbocycles. The molecule has 3 rings (SSSR count). The number of fused-ring (bicyclic) bond motifs is 1. The molecule has 1 amide bonds. The molecule has 0 radical (unpaired) electrons. The zero-order valence-corrected chi connectivity index (χ0v) is 13.9. The second-order valence-electron chi connectivity index (χ2n) is 5.34. The molecule has 0 aliphatic heterocycles. The second-order valence-corrected chi connectivity index (χ2v) is 5.34. The first-order chi connectivity index (χ1) is 12.1. The van der Waals surface area contributed by atoms with E-state index in [1.807, 2.05) is 30.3 Å². The summed E-state index contributed by atoms with van der Waals surface area (Å²) in [5.41, 5.74) is 0.911. The highest BCUT2D eigenvalue weighted by atomic mass is 16.5. The van der Waals surface area contributed by atoms with Crippen molar-refractivity contribution in [3.63, 3.8) is 0 Å². The Hall–Kier alpha value is -3.28. The summed E-state index contributed by atoms with van der Waals surface area (Å²) in [7, 11) is 1.47. The van der Waals surface area contributed by atoms with Gasteiger partial charge in [-0.3, -0.25) is 9.59 Å². The summed E-state index contributed by atoms with van der Waals surface area (Å²) in [5.74, 6) is 0.905. The second kappa shape index (κ2) is 7.09. The molecule has 6 heteroatoms. The molecule has 0 spiro atoms. The molecular weight excluding hydrogens is 322 g/mol. The van der Waals surface area contributed by atoms with Gasteiger partial charge in [-0.05, 0) is 12.1 Å². The molecule has 0 fully saturated rings. The molecule has 0 unspecified atom stereocenters. The summed E-state index contributed by atoms with van der Waals surface area (Å²) < 4.78 is 16.8. The third kappa shape index (κ3) is 3.47. The lowest BCUT2D eigenvalue weighted by Gasteiger charge is -2.13. The van der Waals surface area contributed by atoms with Crippen LogP contribution in [0.1, 0.15) is 6.92 Å². The van der Waals surface area contributed by atoms with Crippen molar-refractivity contribution in [2.24, 2.45) is 0 Å². The van der Waals surface area contributed by atoms with E-state index in [0.717, 1.165) is 5.56 Å². The van der Waals surface area contributed by atoms with Crippen LogP contribution in [0.25, 0.3) is 22.3 Å². The number of rotatable bonds is 5. The summed E-state index contributed by atoms with van der Waals surface area (Å²) in [6.45, 7) is 1.38. The fourth-order valence-corrected chi connectivity index (χ4v) is 2.44. The first-order valence-electron chi connectivity index (χ1n) is 7.67. The first kappa shape index (κ1) is 16.6. The van der Waals surface area contributed by atoms with Gasteiger partial charge < -0.3 is 19.2 Å². The number of benzene rings is 2. The third-order valence-corrected chi connectivity index (χ3v) is 3.63. The van der Waals surface area contributed by atoms with Gasteiger partial charge in [0.05, 0.1) is 12.5 Å². The van der Waals surface area contributed by atoms with Crippen molar-refractivity contribution in [3.05, 3.63) is 58.8 Å². The summed E-state index contributed by atoms with van der Waals surface area (Å²) in [6, 6.07) is 14.0. The van der Waals surface area contributed by atoms with E-state index in [2.05, 4.69) is 5.32 Å². The molecule has 1 heterocycles. The van der Waals surface area contributed by atoms with Crippen molar-refractivity contribution in [2.45, 2.75) is 6.92 Å². The molecule has 1 N–H and O–H groups in total. The van der Waals surface area contributed by atoms with Crippen LogP contribution in [0.4, 0.5) is 0 Å². The summed E-state index contributed by atoms with van der Waals surface area (Å²) in [6.07, 6.45) is 0. The maximum Gasteiger partial charge on any atom is 0.219 e. The Kier molecular flexibility index (Phi) is 4.70. The Bertz CT molecular complexity index is 963. The van der Waals surface area contributed by atoms with Crippen molar-refractivity contribution in [2.75, 3.05) is 13.8 Å². The summed E-state index contributed by atoms with van der Waals surface area (Å²) in [4.78, 5) is 23.4. The van der Waals surface area contributed by atoms with E-state index >= 15 is 0 Å². The number of nitrogens with one attached hydrogen (secondary N) is 1. The fourth-order valence-electron chi connectivity index (χ4n) is 2.44. The standard InChI is InChI=1S/C19H17NO5/c1-12(21)20-11-24-16-9-8-14-15(22)10-17(13-6-4-3-5-7-13)25-18(14)19(16)23-2/h3-10H,11H2,1-2H3,(H,20,21). The van der Waals surface area contributed by atoms with Crippen LogP contribution in [0.2, 0.25) is 0 Å². The number of carbonyl (C=O) groups excluding carboxylic acids is 1. The SMILES string of the molecule is COc1c(OCNC(C)=O)ccc2c(=O)cc(-c3ccccc3)oc12. The van der Waals surface area contributed by atoms with E-state index in [1.54, 1.807) is 12.1 Å². The summed E-state index contributed by atoms with van der Waals surface area (Å²) in [5, 5.41) is 2.92. The molecule has 2 aromatic carbocycles. The van der Waals surface area contributed by atoms with Crippen molar-refractivity contribution in [1.29, 1.82) is 0 Å². The Balaban J connectivity index is 2.10. The minimum atomic E-state index is -0.211. The van der Waals surface area contributed by atoms with Crippen molar-refractivity contribution >= 4 is 16.9 Å². The third-order valence-electron chi connectivity index (χ3n) is 3.63. The minimum Gasteiger partial charge on any atom is -0.490 e. The quantitative estimate of drug-likeness (QED) is 0.723. The van der Waals surface area contributed by atoms with Crippen molar-refractivity contribution < 1.29 is 18.7 Å². The van der Waals surface area contributed by atoms with Crippen LogP contribution in [0.5, 0.6) is 11.5 Å². The number of amides is 1. The lowest BCUT2D eigenvalue weighted by Crippen LogP contribution is -2.25. The van der Waals surface area contributed by atoms with Gasteiger partial charge in [-0.15, -0.1) is 0 Å². The average molecular weight is 339 g/mol. The van der Waals surface area contributed by atoms with Gasteiger partial charge in [0, 0.05) is 18.6 Å². The number of hydrogen-bond donors (Lipinski definition) is 1. The number of ether oxygens (including phenoxy) is 2. The van der Waals surface area contributed by atoms with Crippen LogP contribution in [-0.4, -0.2) is 19.7 Å². The van der Waals surface area contributed by atoms with Gasteiger partial charge in [0.15, 0.2) is 23.5 Å². The normalized spacial score (nSPS) is 10.5. The predicted octanol–water partition coefficient (Wildman–Crippen LogP) is 2.94. The van der Waals surface area contributed by atoms with Gasteiger partial charge in [-0.1, -0.05) is 30.3 Å². The molecule has 0 atom stereocenters. The highest BCUT2D eigenvalue weighted by Gasteiger charge is 2.16. The van der Waals surface area contributed by atoms with Gasteiger partial charge in [-0.2, -0.15) is 0 Å². The van der Waals surface area contributed by atoms with Gasteiger partial charge in [-0.25, -0.2) is 0 Å². The maximum atomic E-state index is 12.4. The Labute approximate surface area is 144 Å². The topological polar surface area (TPSA) is 77.8 Å². The number of carbonyl (C=O) groups is 1. The molecule has 3 aromatic rings. The Morgan fingerprint density at radius 1 is 1.16 bits per heavy atom.